The maximum Gasteiger partial charge on any atom is 0.261 e. The van der Waals surface area contributed by atoms with Gasteiger partial charge in [0.15, 0.2) is 6.61 Å². The van der Waals surface area contributed by atoms with E-state index in [0.717, 1.165) is 16.5 Å². The van der Waals surface area contributed by atoms with E-state index in [-0.39, 0.29) is 31.0 Å². The zero-order valence-corrected chi connectivity index (χ0v) is 20.5. The van der Waals surface area contributed by atoms with Crippen molar-refractivity contribution in [2.24, 2.45) is 0 Å². The van der Waals surface area contributed by atoms with Gasteiger partial charge in [-0.1, -0.05) is 46.6 Å². The zero-order valence-electron chi connectivity index (χ0n) is 18.2. The second-order valence-electron chi connectivity index (χ2n) is 7.23. The first kappa shape index (κ1) is 25.0. The summed E-state index contributed by atoms with van der Waals surface area (Å²) in [5.41, 5.74) is 0.845. The fourth-order valence-electron chi connectivity index (χ4n) is 2.83. The summed E-state index contributed by atoms with van der Waals surface area (Å²) in [5, 5.41) is 3.33. The summed E-state index contributed by atoms with van der Waals surface area (Å²) >= 11 is 9.52. The molecule has 2 amide bonds. The summed E-state index contributed by atoms with van der Waals surface area (Å²) in [6, 6.07) is 11.9. The van der Waals surface area contributed by atoms with Gasteiger partial charge in [0, 0.05) is 17.1 Å². The maximum atomic E-state index is 13.1. The number of carbonyl (C=O) groups is 2. The summed E-state index contributed by atoms with van der Waals surface area (Å²) < 4.78 is 11.7. The molecule has 0 radical (unpaired) electrons. The Morgan fingerprint density at radius 3 is 2.58 bits per heavy atom. The maximum absolute atomic E-state index is 13.1. The number of amides is 2. The third-order valence-electron chi connectivity index (χ3n) is 4.90. The molecule has 6 nitrogen and oxygen atoms in total. The summed E-state index contributed by atoms with van der Waals surface area (Å²) in [5.74, 6) is 0.539. The van der Waals surface area contributed by atoms with Crippen LogP contribution in [-0.4, -0.2) is 42.5 Å². The van der Waals surface area contributed by atoms with Gasteiger partial charge in [-0.25, -0.2) is 0 Å². The largest absolute Gasteiger partial charge is 0.497 e. The van der Waals surface area contributed by atoms with Gasteiger partial charge in [0.2, 0.25) is 5.91 Å². The highest BCUT2D eigenvalue weighted by atomic mass is 79.9. The van der Waals surface area contributed by atoms with Crippen molar-refractivity contribution in [2.45, 2.75) is 45.8 Å². The van der Waals surface area contributed by atoms with Crippen LogP contribution in [0.1, 0.15) is 32.8 Å². The van der Waals surface area contributed by atoms with Crippen LogP contribution in [0, 0.1) is 0 Å². The second kappa shape index (κ2) is 12.0. The van der Waals surface area contributed by atoms with Crippen LogP contribution in [0.25, 0.3) is 0 Å². The second-order valence-corrected chi connectivity index (χ2v) is 8.55. The molecule has 0 aromatic heterocycles. The van der Waals surface area contributed by atoms with Gasteiger partial charge >= 0.3 is 0 Å². The lowest BCUT2D eigenvalue weighted by atomic mass is 10.1. The predicted molar refractivity (Wildman–Crippen MR) is 126 cm³/mol. The van der Waals surface area contributed by atoms with E-state index in [1.165, 1.54) is 4.90 Å². The predicted octanol–water partition coefficient (Wildman–Crippen LogP) is 4.82. The Morgan fingerprint density at radius 1 is 1.19 bits per heavy atom. The fraction of sp³-hybridized carbons (Fsp3) is 0.391. The molecule has 0 saturated carbocycles. The van der Waals surface area contributed by atoms with E-state index in [0.29, 0.717) is 16.5 Å². The Hall–Kier alpha value is -2.25. The number of nitrogens with zero attached hydrogens (tertiary/aromatic N) is 1. The molecule has 0 fully saturated rings. The Balaban J connectivity index is 2.20. The summed E-state index contributed by atoms with van der Waals surface area (Å²) in [6.45, 7) is 5.62. The number of methoxy groups -OCH3 is 1. The highest BCUT2D eigenvalue weighted by Crippen LogP contribution is 2.28. The van der Waals surface area contributed by atoms with Gasteiger partial charge in [-0.15, -0.1) is 0 Å². The molecule has 0 aliphatic heterocycles. The quantitative estimate of drug-likeness (QED) is 0.496. The molecule has 31 heavy (non-hydrogen) atoms. The fourth-order valence-corrected chi connectivity index (χ4v) is 3.56. The lowest BCUT2D eigenvalue weighted by Gasteiger charge is -2.29. The molecule has 2 aromatic rings. The number of carbonyl (C=O) groups excluding carboxylic acids is 2. The van der Waals surface area contributed by atoms with E-state index in [2.05, 4.69) is 21.2 Å². The number of nitrogens with one attached hydrogen (secondary N) is 1. The lowest BCUT2D eigenvalue weighted by Crippen LogP contribution is -2.50. The normalized spacial score (nSPS) is 12.6. The zero-order chi connectivity index (χ0) is 23.0. The average molecular weight is 512 g/mol. The Bertz CT molecular complexity index is 909. The van der Waals surface area contributed by atoms with Crippen LogP contribution in [0.3, 0.4) is 0 Å². The summed E-state index contributed by atoms with van der Waals surface area (Å²) in [4.78, 5) is 27.3. The molecular formula is C23H28BrClN2O4. The molecule has 2 aromatic carbocycles. The van der Waals surface area contributed by atoms with Crippen molar-refractivity contribution in [1.29, 1.82) is 0 Å². The molecule has 168 valence electrons. The van der Waals surface area contributed by atoms with Gasteiger partial charge in [-0.3, -0.25) is 9.59 Å². The minimum Gasteiger partial charge on any atom is -0.497 e. The smallest absolute Gasteiger partial charge is 0.261 e. The monoisotopic (exact) mass is 510 g/mol. The van der Waals surface area contributed by atoms with Crippen LogP contribution in [-0.2, 0) is 16.1 Å². The van der Waals surface area contributed by atoms with E-state index in [1.54, 1.807) is 32.2 Å². The minimum atomic E-state index is -0.684. The number of ether oxygens (including phenoxy) is 2. The van der Waals surface area contributed by atoms with Crippen LogP contribution in [0.2, 0.25) is 5.02 Å². The highest BCUT2D eigenvalue weighted by Gasteiger charge is 2.27. The minimum absolute atomic E-state index is 0.0153. The van der Waals surface area contributed by atoms with Crippen molar-refractivity contribution < 1.29 is 19.1 Å². The SMILES string of the molecule is CC[C@@H](C)NC(=O)[C@@H](C)N(Cc1cccc(OC)c1)C(=O)COc1ccc(Br)cc1Cl. The highest BCUT2D eigenvalue weighted by molar-refractivity contribution is 9.10. The molecule has 0 saturated heterocycles. The summed E-state index contributed by atoms with van der Waals surface area (Å²) in [6.07, 6.45) is 0.799. The van der Waals surface area contributed by atoms with Crippen LogP contribution in [0.5, 0.6) is 11.5 Å². The van der Waals surface area contributed by atoms with Gasteiger partial charge in [0.05, 0.1) is 12.1 Å². The van der Waals surface area contributed by atoms with Crippen molar-refractivity contribution in [3.8, 4) is 11.5 Å². The topological polar surface area (TPSA) is 67.9 Å². The molecule has 8 heteroatoms. The van der Waals surface area contributed by atoms with Gasteiger partial charge in [0.1, 0.15) is 17.5 Å². The molecule has 0 spiro atoms. The van der Waals surface area contributed by atoms with Crippen molar-refractivity contribution in [2.75, 3.05) is 13.7 Å². The van der Waals surface area contributed by atoms with Gasteiger partial charge in [-0.2, -0.15) is 0 Å². The Kier molecular flexibility index (Phi) is 9.65. The molecule has 2 rings (SSSR count). The number of hydrogen-bond donors (Lipinski definition) is 1. The number of halogens is 2. The van der Waals surface area contributed by atoms with Gasteiger partial charge in [-0.05, 0) is 56.2 Å². The van der Waals surface area contributed by atoms with Crippen molar-refractivity contribution in [3.63, 3.8) is 0 Å². The van der Waals surface area contributed by atoms with Crippen molar-refractivity contribution >= 4 is 39.3 Å². The Morgan fingerprint density at radius 2 is 1.94 bits per heavy atom. The van der Waals surface area contributed by atoms with E-state index in [4.69, 9.17) is 21.1 Å². The molecule has 0 aliphatic carbocycles. The Labute approximate surface area is 197 Å². The van der Waals surface area contributed by atoms with Gasteiger partial charge < -0.3 is 19.7 Å². The molecule has 0 aliphatic rings. The van der Waals surface area contributed by atoms with Crippen molar-refractivity contribution in [3.05, 3.63) is 57.5 Å². The van der Waals surface area contributed by atoms with Crippen LogP contribution in [0.15, 0.2) is 46.9 Å². The first-order valence-corrected chi connectivity index (χ1v) is 11.2. The first-order chi connectivity index (χ1) is 14.7. The summed E-state index contributed by atoms with van der Waals surface area (Å²) in [7, 11) is 1.58. The van der Waals surface area contributed by atoms with E-state index < -0.39 is 6.04 Å². The molecule has 0 heterocycles. The number of benzene rings is 2. The molecular weight excluding hydrogens is 484 g/mol. The molecule has 2 atom stereocenters. The van der Waals surface area contributed by atoms with Gasteiger partial charge in [0.25, 0.3) is 5.91 Å². The van der Waals surface area contributed by atoms with E-state index in [1.807, 2.05) is 38.1 Å². The van der Waals surface area contributed by atoms with E-state index in [9.17, 15) is 9.59 Å². The standard InChI is InChI=1S/C23H28BrClN2O4/c1-5-15(2)26-23(29)16(3)27(13-17-7-6-8-19(11-17)30-4)22(28)14-31-21-10-9-18(24)12-20(21)25/h6-12,15-16H,5,13-14H2,1-4H3,(H,26,29)/t15-,16-/m1/s1. The number of rotatable bonds is 10. The van der Waals surface area contributed by atoms with Crippen LogP contribution < -0.4 is 14.8 Å². The third-order valence-corrected chi connectivity index (χ3v) is 5.69. The van der Waals surface area contributed by atoms with Crippen LogP contribution >= 0.6 is 27.5 Å². The third kappa shape index (κ3) is 7.43. The lowest BCUT2D eigenvalue weighted by molar-refractivity contribution is -0.142. The first-order valence-electron chi connectivity index (χ1n) is 10.1. The van der Waals surface area contributed by atoms with Crippen LogP contribution in [0.4, 0.5) is 0 Å². The molecule has 1 N–H and O–H groups in total. The molecule has 0 unspecified atom stereocenters. The van der Waals surface area contributed by atoms with Crippen molar-refractivity contribution in [1.82, 2.24) is 10.2 Å². The number of hydrogen-bond acceptors (Lipinski definition) is 4. The van der Waals surface area contributed by atoms with E-state index >= 15 is 0 Å². The average Bonchev–Trinajstić information content (AvgIpc) is 2.76. The molecule has 0 bridgehead atoms.